The Kier molecular flexibility index (Phi) is 50.1. The second kappa shape index (κ2) is 53.7. The number of nitrogens with one attached hydrogen (secondary N) is 8. The molecule has 0 aliphatic carbocycles. The van der Waals surface area contributed by atoms with Crippen molar-refractivity contribution in [3.8, 4) is 0 Å². The average molecular weight is 1380 g/mol. The molecule has 0 aliphatic rings. The molecule has 0 aromatic heterocycles. The Bertz CT molecular complexity index is 2240. The number of hydrogen-bond donors (Lipinski definition) is 9. The molecule has 8 amide bonds. The van der Waals surface area contributed by atoms with Crippen LogP contribution in [0.5, 0.6) is 0 Å². The van der Waals surface area contributed by atoms with Crippen LogP contribution in [0.3, 0.4) is 0 Å². The van der Waals surface area contributed by atoms with Crippen LogP contribution < -0.4 is 42.5 Å². The molecule has 0 aromatic carbocycles. The second-order valence-electron chi connectivity index (χ2n) is 25.7. The average Bonchev–Trinajstić information content (AvgIpc) is 0.922. The van der Waals surface area contributed by atoms with E-state index in [4.69, 9.17) is 57.2 Å². The highest BCUT2D eigenvalue weighted by atomic mass is 16.6. The lowest BCUT2D eigenvalue weighted by molar-refractivity contribution is -0.159. The fourth-order valence-electron chi connectivity index (χ4n) is 8.07. The molecule has 0 saturated carbocycles. The van der Waals surface area contributed by atoms with E-state index in [0.29, 0.717) is 138 Å². The highest BCUT2D eigenvalue weighted by Gasteiger charge is 2.32. The van der Waals surface area contributed by atoms with Crippen LogP contribution in [-0.4, -0.2) is 243 Å². The van der Waals surface area contributed by atoms with Gasteiger partial charge in [-0.2, -0.15) is 0 Å². The Labute approximate surface area is 567 Å². The first-order chi connectivity index (χ1) is 45.3. The third-order valence-electron chi connectivity index (χ3n) is 12.8. The van der Waals surface area contributed by atoms with Gasteiger partial charge >= 0.3 is 29.9 Å². The van der Waals surface area contributed by atoms with Crippen LogP contribution in [0.25, 0.3) is 0 Å². The topological polar surface area (TPSA) is 406 Å². The normalized spacial score (nSPS) is 12.9. The van der Waals surface area contributed by atoms with E-state index in [1.54, 1.807) is 76.2 Å². The molecular formula is C65H118N8O23. The van der Waals surface area contributed by atoms with E-state index in [9.17, 15) is 52.7 Å². The number of esters is 3. The number of aliphatic carboxylic acids is 1. The molecule has 0 saturated heterocycles. The van der Waals surface area contributed by atoms with Gasteiger partial charge in [-0.25, -0.2) is 14.4 Å². The van der Waals surface area contributed by atoms with Crippen molar-refractivity contribution < 1.29 is 110 Å². The van der Waals surface area contributed by atoms with Crippen molar-refractivity contribution in [3.63, 3.8) is 0 Å². The van der Waals surface area contributed by atoms with Crippen LogP contribution >= 0.6 is 0 Å². The van der Waals surface area contributed by atoms with Crippen molar-refractivity contribution in [1.29, 1.82) is 0 Å². The first kappa shape index (κ1) is 89.6. The molecule has 0 aromatic rings. The van der Waals surface area contributed by atoms with Crippen molar-refractivity contribution in [3.05, 3.63) is 0 Å². The van der Waals surface area contributed by atoms with Crippen LogP contribution in [-0.2, 0) is 100 Å². The maximum absolute atomic E-state index is 13.2. The molecule has 0 fully saturated rings. The van der Waals surface area contributed by atoms with E-state index in [0.717, 1.165) is 6.42 Å². The number of ether oxygens (including phenoxy) is 11. The Hall–Kier alpha value is -6.35. The molecule has 0 heterocycles. The fraction of sp³-hybridized carbons (Fsp3) is 0.831. The fourth-order valence-corrected chi connectivity index (χ4v) is 8.07. The summed E-state index contributed by atoms with van der Waals surface area (Å²) in [7, 11) is 0. The molecule has 9 N–H and O–H groups in total. The maximum atomic E-state index is 13.2. The number of carboxylic acids is 1. The van der Waals surface area contributed by atoms with Gasteiger partial charge in [-0.3, -0.25) is 38.4 Å². The molecule has 31 nitrogen and oxygen atoms in total. The smallest absolute Gasteiger partial charge is 0.329 e. The predicted molar refractivity (Wildman–Crippen MR) is 352 cm³/mol. The lowest BCUT2D eigenvalue weighted by Crippen LogP contribution is -2.53. The molecule has 96 heavy (non-hydrogen) atoms. The summed E-state index contributed by atoms with van der Waals surface area (Å²) in [6.07, 6.45) is 3.84. The summed E-state index contributed by atoms with van der Waals surface area (Å²) in [6.45, 7) is 27.2. The standard InChI is InChI=1S/C65H118N8O23/c1-47(2)57(58(80)70-48(3)59(81)82)73-55(78)22-18-21-52(75)68-29-25-53(76)69-30-32-87-34-36-89-38-40-91-42-44-93-46-45-92-43-41-90-39-37-88-35-33-86-31-26-54(77)67-27-16-13-14-20-51(74)66-28-17-15-19-49(60(83)95-64(7,8)9)71-62(85)72-50(61(84)96-65(10,11)12)23-24-56(79)94-63(4,5)6/h47-50,57H,13-46H2,1-12H3,(H,66,74)(H,67,77)(H,68,75)(H,69,76)(H,70,80)(H,73,78)(H,81,82)(H2,71,72,85)/t48-,49?,50?,57-/m0/s1. The van der Waals surface area contributed by atoms with Gasteiger partial charge in [0.1, 0.15) is 41.0 Å². The van der Waals surface area contributed by atoms with Gasteiger partial charge in [-0.05, 0) is 120 Å². The van der Waals surface area contributed by atoms with Gasteiger partial charge < -0.3 is 99.7 Å². The third-order valence-corrected chi connectivity index (χ3v) is 12.8. The largest absolute Gasteiger partial charge is 0.480 e. The van der Waals surface area contributed by atoms with E-state index in [-0.39, 0.29) is 107 Å². The minimum absolute atomic E-state index is 0.00940. The monoisotopic (exact) mass is 1380 g/mol. The van der Waals surface area contributed by atoms with E-state index in [1.165, 1.54) is 6.92 Å². The van der Waals surface area contributed by atoms with Crippen LogP contribution in [0.4, 0.5) is 4.79 Å². The first-order valence-corrected chi connectivity index (χ1v) is 33.5. The molecule has 0 aliphatic heterocycles. The summed E-state index contributed by atoms with van der Waals surface area (Å²) in [4.78, 5) is 137. The molecule has 0 spiro atoms. The zero-order valence-corrected chi connectivity index (χ0v) is 59.4. The van der Waals surface area contributed by atoms with Crippen molar-refractivity contribution in [2.24, 2.45) is 5.92 Å². The minimum atomic E-state index is -1.21. The predicted octanol–water partition coefficient (Wildman–Crippen LogP) is 2.84. The van der Waals surface area contributed by atoms with Gasteiger partial charge in [0.25, 0.3) is 0 Å². The van der Waals surface area contributed by atoms with Gasteiger partial charge in [0, 0.05) is 64.7 Å². The number of carbonyl (C=O) groups is 11. The number of hydrogen-bond acceptors (Lipinski definition) is 22. The lowest BCUT2D eigenvalue weighted by Gasteiger charge is -2.27. The second-order valence-corrected chi connectivity index (χ2v) is 25.7. The summed E-state index contributed by atoms with van der Waals surface area (Å²) in [5.41, 5.74) is -2.44. The van der Waals surface area contributed by atoms with Gasteiger partial charge in [0.05, 0.1) is 106 Å². The SMILES string of the molecule is CC(C)[C@H](NC(=O)CCCC(=O)NCCC(=O)NCCOCCOCCOCCOCCOCCOCCOCCOCCC(=O)NCCCCCC(=O)NCCCCC(NC(=O)NC(CCC(=O)OC(C)(C)C)C(=O)OC(C)(C)C)C(=O)OC(C)(C)C)C(=O)N[C@@H](C)C(=O)O. The molecule has 0 rings (SSSR count). The number of carboxylic acid groups (broad SMARTS) is 1. The molecule has 0 radical (unpaired) electrons. The van der Waals surface area contributed by atoms with Crippen LogP contribution in [0.1, 0.15) is 173 Å². The highest BCUT2D eigenvalue weighted by Crippen LogP contribution is 2.16. The van der Waals surface area contributed by atoms with Crippen molar-refractivity contribution in [1.82, 2.24) is 42.5 Å². The van der Waals surface area contributed by atoms with Crippen molar-refractivity contribution in [2.45, 2.75) is 214 Å². The molecule has 2 unspecified atom stereocenters. The van der Waals surface area contributed by atoms with E-state index in [2.05, 4.69) is 42.5 Å². The summed E-state index contributed by atoms with van der Waals surface area (Å²) in [6, 6.07) is -5.12. The molecular weight excluding hydrogens is 1260 g/mol. The number of carbonyl (C=O) groups excluding carboxylic acids is 10. The van der Waals surface area contributed by atoms with Crippen LogP contribution in [0.2, 0.25) is 0 Å². The van der Waals surface area contributed by atoms with Crippen molar-refractivity contribution in [2.75, 3.05) is 132 Å². The van der Waals surface area contributed by atoms with E-state index >= 15 is 0 Å². The quantitative estimate of drug-likeness (QED) is 0.0240. The number of amides is 8. The first-order valence-electron chi connectivity index (χ1n) is 33.5. The summed E-state index contributed by atoms with van der Waals surface area (Å²) >= 11 is 0. The van der Waals surface area contributed by atoms with Crippen LogP contribution in [0.15, 0.2) is 0 Å². The van der Waals surface area contributed by atoms with E-state index in [1.807, 2.05) is 0 Å². The summed E-state index contributed by atoms with van der Waals surface area (Å²) in [5.74, 6) is -5.32. The molecule has 0 bridgehead atoms. The number of urea groups is 1. The van der Waals surface area contributed by atoms with Crippen LogP contribution in [0, 0.1) is 5.92 Å². The number of rotatable bonds is 57. The number of unbranched alkanes of at least 4 members (excludes halogenated alkanes) is 3. The van der Waals surface area contributed by atoms with Gasteiger partial charge in [0.2, 0.25) is 35.4 Å². The lowest BCUT2D eigenvalue weighted by atomic mass is 10.0. The van der Waals surface area contributed by atoms with Gasteiger partial charge in [0.15, 0.2) is 0 Å². The summed E-state index contributed by atoms with van der Waals surface area (Å²) in [5, 5.41) is 30.2. The summed E-state index contributed by atoms with van der Waals surface area (Å²) < 4.78 is 60.3. The Morgan fingerprint density at radius 3 is 1.17 bits per heavy atom. The third kappa shape index (κ3) is 55.7. The zero-order valence-electron chi connectivity index (χ0n) is 59.4. The van der Waals surface area contributed by atoms with Gasteiger partial charge in [-0.15, -0.1) is 0 Å². The van der Waals surface area contributed by atoms with Crippen molar-refractivity contribution >= 4 is 65.4 Å². The molecule has 556 valence electrons. The Morgan fingerprint density at radius 2 is 0.719 bits per heavy atom. The van der Waals surface area contributed by atoms with Gasteiger partial charge in [-0.1, -0.05) is 20.3 Å². The highest BCUT2D eigenvalue weighted by molar-refractivity contribution is 5.91. The Balaban J connectivity index is 3.84. The molecule has 31 heteroatoms. The minimum Gasteiger partial charge on any atom is -0.480 e. The maximum Gasteiger partial charge on any atom is 0.329 e. The molecule has 4 atom stereocenters. The zero-order chi connectivity index (χ0) is 72.2. The Morgan fingerprint density at radius 1 is 0.344 bits per heavy atom. The van der Waals surface area contributed by atoms with E-state index < -0.39 is 82.7 Å².